The summed E-state index contributed by atoms with van der Waals surface area (Å²) >= 11 is 0. The molecular formula is C17H22N2O2S. The zero-order chi connectivity index (χ0) is 16.2. The van der Waals surface area contributed by atoms with Gasteiger partial charge in [-0.15, -0.1) is 0 Å². The van der Waals surface area contributed by atoms with Gasteiger partial charge in [-0.2, -0.15) is 0 Å². The predicted molar refractivity (Wildman–Crippen MR) is 91.0 cm³/mol. The predicted octanol–water partition coefficient (Wildman–Crippen LogP) is 2.46. The average molecular weight is 318 g/mol. The Morgan fingerprint density at radius 3 is 2.23 bits per heavy atom. The highest BCUT2D eigenvalue weighted by Crippen LogP contribution is 2.24. The highest BCUT2D eigenvalue weighted by molar-refractivity contribution is 7.88. The molecule has 0 fully saturated rings. The minimum atomic E-state index is -3.20. The molecule has 0 heterocycles. The van der Waals surface area contributed by atoms with Crippen LogP contribution in [0.3, 0.4) is 0 Å². The van der Waals surface area contributed by atoms with Crippen LogP contribution >= 0.6 is 0 Å². The Labute approximate surface area is 132 Å². The maximum atomic E-state index is 11.3. The van der Waals surface area contributed by atoms with Crippen molar-refractivity contribution in [3.05, 3.63) is 59.7 Å². The summed E-state index contributed by atoms with van der Waals surface area (Å²) < 4.78 is 25.1. The molecule has 0 bridgehead atoms. The van der Waals surface area contributed by atoms with Gasteiger partial charge in [-0.3, -0.25) is 0 Å². The molecule has 118 valence electrons. The summed E-state index contributed by atoms with van der Waals surface area (Å²) in [6, 6.07) is 16.2. The lowest BCUT2D eigenvalue weighted by Gasteiger charge is -2.12. The third-order valence-electron chi connectivity index (χ3n) is 3.31. The van der Waals surface area contributed by atoms with Gasteiger partial charge in [0.05, 0.1) is 6.26 Å². The second kappa shape index (κ2) is 7.05. The van der Waals surface area contributed by atoms with Gasteiger partial charge in [0.1, 0.15) is 0 Å². The van der Waals surface area contributed by atoms with Gasteiger partial charge in [-0.05, 0) is 36.3 Å². The fourth-order valence-corrected chi connectivity index (χ4v) is 2.74. The lowest BCUT2D eigenvalue weighted by Crippen LogP contribution is -2.21. The molecule has 1 N–H and O–H groups in total. The van der Waals surface area contributed by atoms with Gasteiger partial charge >= 0.3 is 0 Å². The number of rotatable bonds is 6. The molecular weight excluding hydrogens is 296 g/mol. The van der Waals surface area contributed by atoms with E-state index in [9.17, 15) is 8.42 Å². The fraction of sp³-hybridized carbons (Fsp3) is 0.294. The van der Waals surface area contributed by atoms with Crippen molar-refractivity contribution < 1.29 is 8.42 Å². The monoisotopic (exact) mass is 318 g/mol. The van der Waals surface area contributed by atoms with E-state index < -0.39 is 10.0 Å². The Hall–Kier alpha value is -1.69. The Morgan fingerprint density at radius 2 is 1.64 bits per heavy atom. The SMILES string of the molecule is CN(C)Cc1ccc(-c2ccccc2CNS(C)(=O)=O)cc1. The first-order valence-electron chi connectivity index (χ1n) is 7.12. The minimum Gasteiger partial charge on any atom is -0.305 e. The van der Waals surface area contributed by atoms with Crippen LogP contribution in [0.15, 0.2) is 48.5 Å². The van der Waals surface area contributed by atoms with E-state index in [1.807, 2.05) is 38.4 Å². The molecule has 0 atom stereocenters. The van der Waals surface area contributed by atoms with E-state index in [0.29, 0.717) is 6.54 Å². The first kappa shape index (κ1) is 16.7. The fourth-order valence-electron chi connectivity index (χ4n) is 2.32. The summed E-state index contributed by atoms with van der Waals surface area (Å²) in [6.07, 6.45) is 1.17. The molecule has 5 heteroatoms. The zero-order valence-corrected chi connectivity index (χ0v) is 14.0. The van der Waals surface area contributed by atoms with Crippen molar-refractivity contribution in [1.82, 2.24) is 9.62 Å². The number of hydrogen-bond donors (Lipinski definition) is 1. The molecule has 4 nitrogen and oxygen atoms in total. The highest BCUT2D eigenvalue weighted by atomic mass is 32.2. The van der Waals surface area contributed by atoms with Crippen LogP contribution in [-0.4, -0.2) is 33.7 Å². The van der Waals surface area contributed by atoms with Crippen LogP contribution in [0.25, 0.3) is 11.1 Å². The van der Waals surface area contributed by atoms with Gasteiger partial charge < -0.3 is 4.90 Å². The summed E-state index contributed by atoms with van der Waals surface area (Å²) in [7, 11) is 0.886. The molecule has 2 aromatic rings. The summed E-state index contributed by atoms with van der Waals surface area (Å²) in [5.74, 6) is 0. The van der Waals surface area contributed by atoms with Crippen LogP contribution in [0.1, 0.15) is 11.1 Å². The molecule has 0 spiro atoms. The van der Waals surface area contributed by atoms with Crippen molar-refractivity contribution in [1.29, 1.82) is 0 Å². The number of benzene rings is 2. The zero-order valence-electron chi connectivity index (χ0n) is 13.2. The van der Waals surface area contributed by atoms with Crippen molar-refractivity contribution in [3.63, 3.8) is 0 Å². The Bertz CT molecular complexity index is 723. The molecule has 0 aromatic heterocycles. The Kier molecular flexibility index (Phi) is 5.34. The summed E-state index contributed by atoms with van der Waals surface area (Å²) in [4.78, 5) is 2.12. The molecule has 0 saturated carbocycles. The van der Waals surface area contributed by atoms with Crippen LogP contribution in [0, 0.1) is 0 Å². The number of nitrogens with one attached hydrogen (secondary N) is 1. The van der Waals surface area contributed by atoms with Crippen molar-refractivity contribution in [3.8, 4) is 11.1 Å². The molecule has 2 aromatic carbocycles. The van der Waals surface area contributed by atoms with Crippen LogP contribution in [-0.2, 0) is 23.1 Å². The highest BCUT2D eigenvalue weighted by Gasteiger charge is 2.07. The number of sulfonamides is 1. The maximum absolute atomic E-state index is 11.3. The molecule has 2 rings (SSSR count). The quantitative estimate of drug-likeness (QED) is 0.890. The Morgan fingerprint density at radius 1 is 1.00 bits per heavy atom. The van der Waals surface area contributed by atoms with E-state index in [0.717, 1.165) is 23.2 Å². The van der Waals surface area contributed by atoms with Crippen LogP contribution in [0.4, 0.5) is 0 Å². The van der Waals surface area contributed by atoms with Crippen LogP contribution in [0.2, 0.25) is 0 Å². The molecule has 0 unspecified atom stereocenters. The van der Waals surface area contributed by atoms with Crippen molar-refractivity contribution >= 4 is 10.0 Å². The van der Waals surface area contributed by atoms with Gasteiger partial charge in [0.25, 0.3) is 0 Å². The summed E-state index contributed by atoms with van der Waals surface area (Å²) in [6.45, 7) is 1.20. The van der Waals surface area contributed by atoms with Gasteiger partial charge in [0.2, 0.25) is 10.0 Å². The van der Waals surface area contributed by atoms with E-state index in [1.165, 1.54) is 11.8 Å². The lowest BCUT2D eigenvalue weighted by atomic mass is 9.99. The van der Waals surface area contributed by atoms with Crippen molar-refractivity contribution in [2.24, 2.45) is 0 Å². The van der Waals surface area contributed by atoms with Crippen molar-refractivity contribution in [2.45, 2.75) is 13.1 Å². The van der Waals surface area contributed by atoms with E-state index >= 15 is 0 Å². The second-order valence-electron chi connectivity index (χ2n) is 5.69. The third-order valence-corrected chi connectivity index (χ3v) is 3.97. The van der Waals surface area contributed by atoms with E-state index in [2.05, 4.69) is 33.9 Å². The molecule has 0 aliphatic carbocycles. The van der Waals surface area contributed by atoms with Gasteiger partial charge in [0, 0.05) is 13.1 Å². The standard InChI is InChI=1S/C17H22N2O2S/c1-19(2)13-14-8-10-15(11-9-14)17-7-5-4-6-16(17)12-18-22(3,20)21/h4-11,18H,12-13H2,1-3H3. The van der Waals surface area contributed by atoms with E-state index in [4.69, 9.17) is 0 Å². The largest absolute Gasteiger partial charge is 0.305 e. The van der Waals surface area contributed by atoms with Crippen LogP contribution < -0.4 is 4.72 Å². The topological polar surface area (TPSA) is 49.4 Å². The van der Waals surface area contributed by atoms with Crippen molar-refractivity contribution in [2.75, 3.05) is 20.4 Å². The molecule has 0 radical (unpaired) electrons. The van der Waals surface area contributed by atoms with Crippen LogP contribution in [0.5, 0.6) is 0 Å². The maximum Gasteiger partial charge on any atom is 0.209 e. The number of hydrogen-bond acceptors (Lipinski definition) is 3. The van der Waals surface area contributed by atoms with Gasteiger partial charge in [-0.25, -0.2) is 13.1 Å². The lowest BCUT2D eigenvalue weighted by molar-refractivity contribution is 0.402. The second-order valence-corrected chi connectivity index (χ2v) is 7.52. The van der Waals surface area contributed by atoms with E-state index in [-0.39, 0.29) is 0 Å². The molecule has 0 saturated heterocycles. The smallest absolute Gasteiger partial charge is 0.209 e. The first-order chi connectivity index (χ1) is 10.3. The minimum absolute atomic E-state index is 0.300. The molecule has 0 amide bonds. The Balaban J connectivity index is 2.25. The summed E-state index contributed by atoms with van der Waals surface area (Å²) in [5, 5.41) is 0. The third kappa shape index (κ3) is 4.94. The normalized spacial score (nSPS) is 11.8. The van der Waals surface area contributed by atoms with Gasteiger partial charge in [0.15, 0.2) is 0 Å². The van der Waals surface area contributed by atoms with E-state index in [1.54, 1.807) is 0 Å². The summed E-state index contributed by atoms with van der Waals surface area (Å²) in [5.41, 5.74) is 4.36. The van der Waals surface area contributed by atoms with Gasteiger partial charge in [-0.1, -0.05) is 48.5 Å². The molecule has 22 heavy (non-hydrogen) atoms. The molecule has 0 aliphatic heterocycles. The first-order valence-corrected chi connectivity index (χ1v) is 9.01. The average Bonchev–Trinajstić information content (AvgIpc) is 2.45. The number of nitrogens with zero attached hydrogens (tertiary/aromatic N) is 1. The molecule has 0 aliphatic rings.